The van der Waals surface area contributed by atoms with Crippen LogP contribution >= 0.6 is 22.6 Å². The van der Waals surface area contributed by atoms with Gasteiger partial charge < -0.3 is 5.32 Å². The maximum absolute atomic E-state index is 4.34. The van der Waals surface area contributed by atoms with Gasteiger partial charge >= 0.3 is 0 Å². The second-order valence-electron chi connectivity index (χ2n) is 3.46. The van der Waals surface area contributed by atoms with Crippen LogP contribution in [0, 0.1) is 10.5 Å². The highest BCUT2D eigenvalue weighted by Gasteiger charge is 1.96. The van der Waals surface area contributed by atoms with Crippen LogP contribution < -0.4 is 5.32 Å². The van der Waals surface area contributed by atoms with Crippen LogP contribution in [0.5, 0.6) is 0 Å². The summed E-state index contributed by atoms with van der Waals surface area (Å²) in [6.07, 6.45) is 1.79. The van der Waals surface area contributed by atoms with E-state index in [0.29, 0.717) is 0 Å². The molecule has 1 aromatic carbocycles. The summed E-state index contributed by atoms with van der Waals surface area (Å²) in [6.45, 7) is 2.62. The molecule has 0 atom stereocenters. The fourth-order valence-electron chi connectivity index (χ4n) is 1.39. The summed E-state index contributed by atoms with van der Waals surface area (Å²) in [7, 11) is 0. The van der Waals surface area contributed by atoms with Crippen molar-refractivity contribution in [1.29, 1.82) is 0 Å². The van der Waals surface area contributed by atoms with Crippen LogP contribution in [0.4, 0.5) is 5.69 Å². The Morgan fingerprint density at radius 3 is 2.94 bits per heavy atom. The van der Waals surface area contributed by atoms with Crippen molar-refractivity contribution in [2.24, 2.45) is 0 Å². The van der Waals surface area contributed by atoms with Crippen molar-refractivity contribution in [3.8, 4) is 0 Å². The first-order chi connectivity index (χ1) is 7.74. The first kappa shape index (κ1) is 11.3. The number of nitrogens with one attached hydrogen (secondary N) is 1. The smallest absolute Gasteiger partial charge is 0.125 e. The normalized spacial score (nSPS) is 10.1. The molecule has 4 heteroatoms. The molecule has 1 heterocycles. The molecule has 0 spiro atoms. The SMILES string of the molecule is Cc1nccc(CNc2cccc(I)c2)n1. The quantitative estimate of drug-likeness (QED) is 0.882. The van der Waals surface area contributed by atoms with Crippen LogP contribution in [0.1, 0.15) is 11.5 Å². The minimum atomic E-state index is 0.726. The minimum absolute atomic E-state index is 0.726. The molecule has 16 heavy (non-hydrogen) atoms. The lowest BCUT2D eigenvalue weighted by atomic mass is 10.3. The maximum atomic E-state index is 4.34. The summed E-state index contributed by atoms with van der Waals surface area (Å²) in [4.78, 5) is 8.40. The molecule has 1 N–H and O–H groups in total. The average Bonchev–Trinajstić information content (AvgIpc) is 2.27. The second-order valence-corrected chi connectivity index (χ2v) is 4.70. The van der Waals surface area contributed by atoms with Crippen molar-refractivity contribution in [2.45, 2.75) is 13.5 Å². The van der Waals surface area contributed by atoms with Gasteiger partial charge in [0, 0.05) is 15.5 Å². The van der Waals surface area contributed by atoms with E-state index >= 15 is 0 Å². The zero-order valence-corrected chi connectivity index (χ0v) is 11.1. The summed E-state index contributed by atoms with van der Waals surface area (Å²) in [5.74, 6) is 0.807. The van der Waals surface area contributed by atoms with Gasteiger partial charge in [-0.2, -0.15) is 0 Å². The molecule has 0 amide bonds. The number of hydrogen-bond acceptors (Lipinski definition) is 3. The van der Waals surface area contributed by atoms with E-state index in [2.05, 4.69) is 56.1 Å². The predicted octanol–water partition coefficient (Wildman–Crippen LogP) is 3.00. The first-order valence-electron chi connectivity index (χ1n) is 5.02. The number of hydrogen-bond donors (Lipinski definition) is 1. The standard InChI is InChI=1S/C12H12IN3/c1-9-14-6-5-12(16-9)8-15-11-4-2-3-10(13)7-11/h2-7,15H,8H2,1H3. The molecule has 82 valence electrons. The van der Waals surface area contributed by atoms with Gasteiger partial charge in [0.2, 0.25) is 0 Å². The van der Waals surface area contributed by atoms with E-state index in [4.69, 9.17) is 0 Å². The number of halogens is 1. The molecule has 0 aliphatic heterocycles. The van der Waals surface area contributed by atoms with Gasteiger partial charge in [-0.3, -0.25) is 0 Å². The largest absolute Gasteiger partial charge is 0.379 e. The van der Waals surface area contributed by atoms with Gasteiger partial charge in [0.1, 0.15) is 5.82 Å². The van der Waals surface area contributed by atoms with Crippen LogP contribution in [0.15, 0.2) is 36.5 Å². The Morgan fingerprint density at radius 1 is 1.31 bits per heavy atom. The molecular formula is C12H12IN3. The number of aromatic nitrogens is 2. The van der Waals surface area contributed by atoms with E-state index in [1.54, 1.807) is 6.20 Å². The van der Waals surface area contributed by atoms with Crippen molar-refractivity contribution in [2.75, 3.05) is 5.32 Å². The van der Waals surface area contributed by atoms with Crippen molar-refractivity contribution in [3.05, 3.63) is 51.6 Å². The third-order valence-corrected chi connectivity index (χ3v) is 2.80. The Kier molecular flexibility index (Phi) is 3.71. The Hall–Kier alpha value is -1.17. The highest BCUT2D eigenvalue weighted by atomic mass is 127. The molecule has 0 aliphatic rings. The second kappa shape index (κ2) is 5.25. The minimum Gasteiger partial charge on any atom is -0.379 e. The lowest BCUT2D eigenvalue weighted by molar-refractivity contribution is 0.955. The van der Waals surface area contributed by atoms with E-state index in [-0.39, 0.29) is 0 Å². The Bertz CT molecular complexity index is 440. The van der Waals surface area contributed by atoms with Crippen LogP contribution in [0.25, 0.3) is 0 Å². The first-order valence-corrected chi connectivity index (χ1v) is 6.10. The molecule has 0 bridgehead atoms. The lowest BCUT2D eigenvalue weighted by Gasteiger charge is -2.06. The highest BCUT2D eigenvalue weighted by molar-refractivity contribution is 14.1. The van der Waals surface area contributed by atoms with Crippen molar-refractivity contribution in [1.82, 2.24) is 9.97 Å². The summed E-state index contributed by atoms with van der Waals surface area (Å²) in [5, 5.41) is 3.33. The molecule has 3 nitrogen and oxygen atoms in total. The van der Waals surface area contributed by atoms with Gasteiger partial charge in [-0.25, -0.2) is 9.97 Å². The van der Waals surface area contributed by atoms with Gasteiger partial charge in [0.05, 0.1) is 12.2 Å². The highest BCUT2D eigenvalue weighted by Crippen LogP contribution is 2.13. The molecule has 0 saturated carbocycles. The molecule has 1 aromatic heterocycles. The number of anilines is 1. The molecule has 0 radical (unpaired) electrons. The van der Waals surface area contributed by atoms with Crippen molar-refractivity contribution >= 4 is 28.3 Å². The monoisotopic (exact) mass is 325 g/mol. The van der Waals surface area contributed by atoms with E-state index in [1.807, 2.05) is 19.1 Å². The summed E-state index contributed by atoms with van der Waals surface area (Å²) in [5.41, 5.74) is 2.12. The Labute approximate surface area is 108 Å². The van der Waals surface area contributed by atoms with E-state index < -0.39 is 0 Å². The number of benzene rings is 1. The third kappa shape index (κ3) is 3.16. The third-order valence-electron chi connectivity index (χ3n) is 2.13. The number of aryl methyl sites for hydroxylation is 1. The van der Waals surface area contributed by atoms with Crippen LogP contribution in [0.3, 0.4) is 0 Å². The Balaban J connectivity index is 2.02. The zero-order valence-electron chi connectivity index (χ0n) is 8.94. The number of rotatable bonds is 3. The van der Waals surface area contributed by atoms with Gasteiger partial charge in [-0.15, -0.1) is 0 Å². The topological polar surface area (TPSA) is 37.8 Å². The van der Waals surface area contributed by atoms with Crippen LogP contribution in [-0.4, -0.2) is 9.97 Å². The van der Waals surface area contributed by atoms with Gasteiger partial charge in [0.15, 0.2) is 0 Å². The van der Waals surface area contributed by atoms with E-state index in [9.17, 15) is 0 Å². The molecule has 0 unspecified atom stereocenters. The summed E-state index contributed by atoms with van der Waals surface area (Å²) < 4.78 is 1.22. The number of nitrogens with zero attached hydrogens (tertiary/aromatic N) is 2. The van der Waals surface area contributed by atoms with E-state index in [0.717, 1.165) is 23.8 Å². The summed E-state index contributed by atoms with van der Waals surface area (Å²) in [6, 6.07) is 10.2. The molecule has 0 saturated heterocycles. The Morgan fingerprint density at radius 2 is 2.19 bits per heavy atom. The fraction of sp³-hybridized carbons (Fsp3) is 0.167. The molecular weight excluding hydrogens is 313 g/mol. The molecule has 2 rings (SSSR count). The van der Waals surface area contributed by atoms with Gasteiger partial charge in [0.25, 0.3) is 0 Å². The molecule has 0 fully saturated rings. The van der Waals surface area contributed by atoms with E-state index in [1.165, 1.54) is 3.57 Å². The maximum Gasteiger partial charge on any atom is 0.125 e. The fourth-order valence-corrected chi connectivity index (χ4v) is 1.94. The van der Waals surface area contributed by atoms with Gasteiger partial charge in [-0.1, -0.05) is 6.07 Å². The van der Waals surface area contributed by atoms with Gasteiger partial charge in [-0.05, 0) is 53.8 Å². The van der Waals surface area contributed by atoms with Crippen molar-refractivity contribution < 1.29 is 0 Å². The van der Waals surface area contributed by atoms with Crippen LogP contribution in [-0.2, 0) is 6.54 Å². The van der Waals surface area contributed by atoms with Crippen LogP contribution in [0.2, 0.25) is 0 Å². The predicted molar refractivity (Wildman–Crippen MR) is 73.3 cm³/mol. The molecule has 0 aliphatic carbocycles. The lowest BCUT2D eigenvalue weighted by Crippen LogP contribution is -2.03. The molecule has 2 aromatic rings. The zero-order chi connectivity index (χ0) is 11.4. The summed E-state index contributed by atoms with van der Waals surface area (Å²) >= 11 is 2.30. The van der Waals surface area contributed by atoms with Crippen molar-refractivity contribution in [3.63, 3.8) is 0 Å². The average molecular weight is 325 g/mol.